The highest BCUT2D eigenvalue weighted by Gasteiger charge is 2.32. The van der Waals surface area contributed by atoms with E-state index < -0.39 is 11.7 Å². The third-order valence-corrected chi connectivity index (χ3v) is 7.60. The zero-order chi connectivity index (χ0) is 24.1. The third kappa shape index (κ3) is 6.14. The van der Waals surface area contributed by atoms with Crippen molar-refractivity contribution in [1.82, 2.24) is 25.2 Å². The SMILES string of the molecule is O=CN(O)C[C@@H](CC1CCCC1)C(=O)NCc1nc(Cl)nc(N2CCN3CCCCC3C2)c1F. The number of aromatic nitrogens is 2. The molecule has 3 heterocycles. The van der Waals surface area contributed by atoms with Gasteiger partial charge in [-0.15, -0.1) is 0 Å². The number of hydroxylamine groups is 2. The molecule has 2 N–H and O–H groups in total. The van der Waals surface area contributed by atoms with Crippen molar-refractivity contribution in [2.45, 2.75) is 64.0 Å². The lowest BCUT2D eigenvalue weighted by atomic mass is 9.92. The van der Waals surface area contributed by atoms with Crippen LogP contribution >= 0.6 is 11.6 Å². The van der Waals surface area contributed by atoms with Crippen molar-refractivity contribution in [3.8, 4) is 0 Å². The Bertz CT molecular complexity index is 871. The highest BCUT2D eigenvalue weighted by molar-refractivity contribution is 6.28. The average molecular weight is 497 g/mol. The van der Waals surface area contributed by atoms with E-state index in [1.165, 1.54) is 12.8 Å². The maximum atomic E-state index is 15.4. The van der Waals surface area contributed by atoms with Gasteiger partial charge in [0.25, 0.3) is 0 Å². The van der Waals surface area contributed by atoms with Gasteiger partial charge in [0.15, 0.2) is 11.6 Å². The third-order valence-electron chi connectivity index (χ3n) is 7.43. The lowest BCUT2D eigenvalue weighted by molar-refractivity contribution is -0.155. The molecule has 3 fully saturated rings. The fourth-order valence-corrected chi connectivity index (χ4v) is 5.80. The summed E-state index contributed by atoms with van der Waals surface area (Å²) in [6.07, 6.45) is 8.64. The van der Waals surface area contributed by atoms with Crippen LogP contribution < -0.4 is 10.2 Å². The number of hydrogen-bond acceptors (Lipinski definition) is 7. The Kier molecular flexibility index (Phi) is 8.55. The van der Waals surface area contributed by atoms with Gasteiger partial charge < -0.3 is 10.2 Å². The molecule has 2 aliphatic heterocycles. The molecule has 9 nitrogen and oxygen atoms in total. The molecule has 0 radical (unpaired) electrons. The van der Waals surface area contributed by atoms with E-state index in [9.17, 15) is 14.8 Å². The number of nitrogens with one attached hydrogen (secondary N) is 1. The Hall–Kier alpha value is -2.04. The number of fused-ring (bicyclic) bond motifs is 1. The molecule has 34 heavy (non-hydrogen) atoms. The Balaban J connectivity index is 1.42. The smallest absolute Gasteiger partial charge is 0.233 e. The topological polar surface area (TPSA) is 102 Å². The molecule has 1 aliphatic carbocycles. The molecule has 0 spiro atoms. The Morgan fingerprint density at radius 1 is 1.21 bits per heavy atom. The molecule has 2 amide bonds. The molecule has 1 saturated carbocycles. The summed E-state index contributed by atoms with van der Waals surface area (Å²) < 4.78 is 15.4. The van der Waals surface area contributed by atoms with Crippen LogP contribution in [0.4, 0.5) is 10.2 Å². The van der Waals surface area contributed by atoms with Crippen LogP contribution in [0.15, 0.2) is 0 Å². The van der Waals surface area contributed by atoms with Crippen molar-refractivity contribution in [3.05, 3.63) is 16.8 Å². The summed E-state index contributed by atoms with van der Waals surface area (Å²) in [6.45, 7) is 3.05. The second-order valence-corrected chi connectivity index (χ2v) is 10.1. The number of rotatable bonds is 9. The molecular weight excluding hydrogens is 463 g/mol. The standard InChI is InChI=1S/C23H34ClFN6O3/c24-23-27-19(12-26-22(33)17(13-31(34)15-32)11-16-5-1-2-6-16)20(25)21(28-23)30-10-9-29-8-4-3-7-18(29)14-30/h15-18,34H,1-14H2,(H,26,33)/t17-,18?/m1/s1. The summed E-state index contributed by atoms with van der Waals surface area (Å²) in [6, 6.07) is 0.384. The second kappa shape index (κ2) is 11.6. The van der Waals surface area contributed by atoms with Crippen LogP contribution in [0.3, 0.4) is 0 Å². The van der Waals surface area contributed by atoms with E-state index in [-0.39, 0.29) is 42.2 Å². The van der Waals surface area contributed by atoms with Crippen LogP contribution in [0.25, 0.3) is 0 Å². The van der Waals surface area contributed by atoms with Gasteiger partial charge in [0.2, 0.25) is 17.6 Å². The van der Waals surface area contributed by atoms with Gasteiger partial charge in [0.05, 0.1) is 19.0 Å². The van der Waals surface area contributed by atoms with E-state index in [0.29, 0.717) is 36.5 Å². The zero-order valence-electron chi connectivity index (χ0n) is 19.5. The lowest BCUT2D eigenvalue weighted by Crippen LogP contribution is -2.55. The fraction of sp³-hybridized carbons (Fsp3) is 0.739. The van der Waals surface area contributed by atoms with E-state index in [0.717, 1.165) is 45.2 Å². The van der Waals surface area contributed by atoms with Crippen LogP contribution in [-0.4, -0.2) is 76.2 Å². The quantitative estimate of drug-likeness (QED) is 0.234. The summed E-state index contributed by atoms with van der Waals surface area (Å²) in [5.41, 5.74) is 0.0327. The van der Waals surface area contributed by atoms with E-state index in [2.05, 4.69) is 20.2 Å². The largest absolute Gasteiger partial charge is 0.351 e. The van der Waals surface area contributed by atoms with Crippen LogP contribution in [0.1, 0.15) is 57.1 Å². The van der Waals surface area contributed by atoms with Crippen molar-refractivity contribution < 1.29 is 19.2 Å². The number of carbonyl (C=O) groups is 2. The molecule has 188 valence electrons. The molecule has 2 saturated heterocycles. The fourth-order valence-electron chi connectivity index (χ4n) is 5.62. The van der Waals surface area contributed by atoms with Crippen molar-refractivity contribution in [2.75, 3.05) is 37.6 Å². The van der Waals surface area contributed by atoms with Crippen molar-refractivity contribution in [2.24, 2.45) is 11.8 Å². The first-order valence-corrected chi connectivity index (χ1v) is 12.7. The minimum atomic E-state index is -0.586. The normalized spacial score (nSPS) is 22.3. The number of carbonyl (C=O) groups excluding carboxylic acids is 2. The first-order valence-electron chi connectivity index (χ1n) is 12.3. The number of amides is 2. The number of nitrogens with zero attached hydrogens (tertiary/aromatic N) is 5. The molecule has 0 bridgehead atoms. The van der Waals surface area contributed by atoms with Gasteiger partial charge in [-0.2, -0.15) is 4.98 Å². The van der Waals surface area contributed by atoms with Gasteiger partial charge in [0, 0.05) is 25.7 Å². The Labute approximate surface area is 204 Å². The Morgan fingerprint density at radius 2 is 1.97 bits per heavy atom. The van der Waals surface area contributed by atoms with Crippen LogP contribution in [0, 0.1) is 17.7 Å². The van der Waals surface area contributed by atoms with Crippen LogP contribution in [0.5, 0.6) is 0 Å². The summed E-state index contributed by atoms with van der Waals surface area (Å²) in [5, 5.41) is 12.8. The maximum absolute atomic E-state index is 15.4. The Morgan fingerprint density at radius 3 is 2.74 bits per heavy atom. The van der Waals surface area contributed by atoms with E-state index in [1.54, 1.807) is 0 Å². The number of halogens is 2. The molecule has 11 heteroatoms. The van der Waals surface area contributed by atoms with Gasteiger partial charge in [-0.3, -0.25) is 19.7 Å². The first-order chi connectivity index (χ1) is 16.4. The molecule has 1 unspecified atom stereocenters. The summed E-state index contributed by atoms with van der Waals surface area (Å²) in [7, 11) is 0. The van der Waals surface area contributed by atoms with E-state index in [1.807, 2.05) is 4.90 Å². The predicted octanol–water partition coefficient (Wildman–Crippen LogP) is 2.60. The van der Waals surface area contributed by atoms with Gasteiger partial charge >= 0.3 is 0 Å². The molecule has 2 atom stereocenters. The molecule has 4 rings (SSSR count). The van der Waals surface area contributed by atoms with Gasteiger partial charge in [-0.05, 0) is 43.3 Å². The molecule has 0 aromatic carbocycles. The summed E-state index contributed by atoms with van der Waals surface area (Å²) in [4.78, 5) is 36.4. The van der Waals surface area contributed by atoms with Crippen LogP contribution in [-0.2, 0) is 16.1 Å². The van der Waals surface area contributed by atoms with Gasteiger partial charge in [0.1, 0.15) is 5.69 Å². The maximum Gasteiger partial charge on any atom is 0.233 e. The molecule has 3 aliphatic rings. The summed E-state index contributed by atoms with van der Waals surface area (Å²) in [5.74, 6) is -0.944. The minimum Gasteiger partial charge on any atom is -0.351 e. The van der Waals surface area contributed by atoms with Crippen LogP contribution in [0.2, 0.25) is 5.28 Å². The number of anilines is 1. The van der Waals surface area contributed by atoms with E-state index in [4.69, 9.17) is 11.6 Å². The molecule has 1 aromatic rings. The first kappa shape index (κ1) is 25.1. The van der Waals surface area contributed by atoms with Gasteiger partial charge in [-0.1, -0.05) is 32.1 Å². The lowest BCUT2D eigenvalue weighted by Gasteiger charge is -2.44. The van der Waals surface area contributed by atoms with E-state index >= 15 is 4.39 Å². The molecular formula is C23H34ClFN6O3. The molecule has 1 aromatic heterocycles. The number of piperazine rings is 1. The zero-order valence-corrected chi connectivity index (χ0v) is 20.2. The minimum absolute atomic E-state index is 0.0327. The summed E-state index contributed by atoms with van der Waals surface area (Å²) >= 11 is 6.14. The number of hydrogen-bond donors (Lipinski definition) is 2. The average Bonchev–Trinajstić information content (AvgIpc) is 3.36. The monoisotopic (exact) mass is 496 g/mol. The van der Waals surface area contributed by atoms with Crippen molar-refractivity contribution in [3.63, 3.8) is 0 Å². The highest BCUT2D eigenvalue weighted by Crippen LogP contribution is 2.31. The van der Waals surface area contributed by atoms with Gasteiger partial charge in [-0.25, -0.2) is 14.4 Å². The predicted molar refractivity (Wildman–Crippen MR) is 125 cm³/mol. The van der Waals surface area contributed by atoms with Crippen molar-refractivity contribution in [1.29, 1.82) is 0 Å². The second-order valence-electron chi connectivity index (χ2n) is 9.74. The number of piperidine rings is 1. The van der Waals surface area contributed by atoms with Crippen molar-refractivity contribution >= 4 is 29.7 Å². The highest BCUT2D eigenvalue weighted by atomic mass is 35.5.